The van der Waals surface area contributed by atoms with Crippen LogP contribution < -0.4 is 5.32 Å². The lowest BCUT2D eigenvalue weighted by Crippen LogP contribution is -2.37. The van der Waals surface area contributed by atoms with Crippen molar-refractivity contribution in [2.24, 2.45) is 5.92 Å². The van der Waals surface area contributed by atoms with E-state index in [0.29, 0.717) is 16.5 Å². The van der Waals surface area contributed by atoms with Gasteiger partial charge in [-0.3, -0.25) is 4.79 Å². The zero-order chi connectivity index (χ0) is 13.7. The van der Waals surface area contributed by atoms with Crippen molar-refractivity contribution < 1.29 is 4.79 Å². The number of benzene rings is 1. The standard InChI is InChI=1S/C14H19ClINO/c1-4-10(5-2)9(3)17-14(18)11-6-7-13(16)12(15)8-11/h6-10H,4-5H2,1-3H3,(H,17,18). The fraction of sp³-hybridized carbons (Fsp3) is 0.500. The Hall–Kier alpha value is -0.290. The molecule has 1 aromatic rings. The molecule has 0 bridgehead atoms. The normalized spacial score (nSPS) is 12.6. The van der Waals surface area contributed by atoms with Gasteiger partial charge < -0.3 is 5.32 Å². The van der Waals surface area contributed by atoms with E-state index in [9.17, 15) is 4.79 Å². The van der Waals surface area contributed by atoms with Gasteiger partial charge in [0.15, 0.2) is 0 Å². The van der Waals surface area contributed by atoms with Gasteiger partial charge in [-0.25, -0.2) is 0 Å². The van der Waals surface area contributed by atoms with Crippen LogP contribution in [0.15, 0.2) is 18.2 Å². The summed E-state index contributed by atoms with van der Waals surface area (Å²) < 4.78 is 0.957. The minimum absolute atomic E-state index is 0.0484. The molecule has 0 heterocycles. The Morgan fingerprint density at radius 2 is 2.00 bits per heavy atom. The lowest BCUT2D eigenvalue weighted by Gasteiger charge is -2.22. The summed E-state index contributed by atoms with van der Waals surface area (Å²) in [7, 11) is 0. The van der Waals surface area contributed by atoms with Crippen LogP contribution in [0.1, 0.15) is 44.0 Å². The maximum Gasteiger partial charge on any atom is 0.251 e. The molecule has 1 rings (SSSR count). The quantitative estimate of drug-likeness (QED) is 0.750. The first-order chi connectivity index (χ1) is 8.49. The second-order valence-electron chi connectivity index (χ2n) is 4.47. The van der Waals surface area contributed by atoms with E-state index in [4.69, 9.17) is 11.6 Å². The Bertz CT molecular complexity index is 418. The van der Waals surface area contributed by atoms with Crippen molar-refractivity contribution in [3.8, 4) is 0 Å². The van der Waals surface area contributed by atoms with Gasteiger partial charge in [0, 0.05) is 15.2 Å². The summed E-state index contributed by atoms with van der Waals surface area (Å²) in [5.41, 5.74) is 0.623. The van der Waals surface area contributed by atoms with E-state index in [1.807, 2.05) is 12.1 Å². The Balaban J connectivity index is 2.73. The van der Waals surface area contributed by atoms with E-state index in [1.54, 1.807) is 6.07 Å². The van der Waals surface area contributed by atoms with Crippen LogP contribution in [0.4, 0.5) is 0 Å². The van der Waals surface area contributed by atoms with E-state index in [-0.39, 0.29) is 11.9 Å². The maximum atomic E-state index is 12.1. The average Bonchev–Trinajstić information content (AvgIpc) is 2.34. The largest absolute Gasteiger partial charge is 0.349 e. The van der Waals surface area contributed by atoms with Gasteiger partial charge >= 0.3 is 0 Å². The predicted molar refractivity (Wildman–Crippen MR) is 85.2 cm³/mol. The van der Waals surface area contributed by atoms with Crippen molar-refractivity contribution in [1.29, 1.82) is 0 Å². The third-order valence-electron chi connectivity index (χ3n) is 3.30. The Morgan fingerprint density at radius 1 is 1.39 bits per heavy atom. The Morgan fingerprint density at radius 3 is 2.50 bits per heavy atom. The molecule has 4 heteroatoms. The lowest BCUT2D eigenvalue weighted by molar-refractivity contribution is 0.0925. The molecule has 1 unspecified atom stereocenters. The fourth-order valence-corrected chi connectivity index (χ4v) is 2.56. The molecule has 0 fully saturated rings. The number of carbonyl (C=O) groups is 1. The van der Waals surface area contributed by atoms with Crippen molar-refractivity contribution >= 4 is 40.1 Å². The molecule has 0 aliphatic heterocycles. The third-order valence-corrected chi connectivity index (χ3v) is 4.87. The van der Waals surface area contributed by atoms with Gasteiger partial charge in [0.2, 0.25) is 0 Å². The first-order valence-corrected chi connectivity index (χ1v) is 7.71. The van der Waals surface area contributed by atoms with E-state index >= 15 is 0 Å². The van der Waals surface area contributed by atoms with Crippen LogP contribution in [-0.4, -0.2) is 11.9 Å². The van der Waals surface area contributed by atoms with Gasteiger partial charge in [0.1, 0.15) is 0 Å². The zero-order valence-corrected chi connectivity index (χ0v) is 13.9. The molecule has 1 atom stereocenters. The Kier molecular flexibility index (Phi) is 6.43. The van der Waals surface area contributed by atoms with Crippen LogP contribution in [0.5, 0.6) is 0 Å². The van der Waals surface area contributed by atoms with Gasteiger partial charge in [0.05, 0.1) is 5.02 Å². The van der Waals surface area contributed by atoms with Crippen LogP contribution in [-0.2, 0) is 0 Å². The summed E-state index contributed by atoms with van der Waals surface area (Å²) in [6.45, 7) is 6.36. The van der Waals surface area contributed by atoms with Crippen molar-refractivity contribution in [3.05, 3.63) is 32.4 Å². The summed E-state index contributed by atoms with van der Waals surface area (Å²) >= 11 is 8.17. The van der Waals surface area contributed by atoms with Crippen LogP contribution in [0.3, 0.4) is 0 Å². The van der Waals surface area contributed by atoms with Crippen molar-refractivity contribution in [3.63, 3.8) is 0 Å². The van der Waals surface area contributed by atoms with Crippen molar-refractivity contribution in [2.45, 2.75) is 39.7 Å². The lowest BCUT2D eigenvalue weighted by atomic mass is 9.95. The number of carbonyl (C=O) groups excluding carboxylic acids is 1. The molecule has 1 amide bonds. The van der Waals surface area contributed by atoms with Gasteiger partial charge in [0.25, 0.3) is 5.91 Å². The number of amides is 1. The molecule has 100 valence electrons. The van der Waals surface area contributed by atoms with Gasteiger partial charge in [-0.15, -0.1) is 0 Å². The van der Waals surface area contributed by atoms with Gasteiger partial charge in [-0.1, -0.05) is 38.3 Å². The smallest absolute Gasteiger partial charge is 0.251 e. The zero-order valence-electron chi connectivity index (χ0n) is 11.0. The molecule has 18 heavy (non-hydrogen) atoms. The Labute approximate surface area is 128 Å². The highest BCUT2D eigenvalue weighted by Crippen LogP contribution is 2.20. The molecule has 2 nitrogen and oxygen atoms in total. The number of hydrogen-bond donors (Lipinski definition) is 1. The SMILES string of the molecule is CCC(CC)C(C)NC(=O)c1ccc(I)c(Cl)c1. The third kappa shape index (κ3) is 4.12. The molecular weight excluding hydrogens is 361 g/mol. The molecule has 1 aromatic carbocycles. The molecule has 0 saturated carbocycles. The maximum absolute atomic E-state index is 12.1. The second-order valence-corrected chi connectivity index (χ2v) is 6.04. The van der Waals surface area contributed by atoms with Crippen LogP contribution in [0.25, 0.3) is 0 Å². The highest BCUT2D eigenvalue weighted by Gasteiger charge is 2.17. The molecular formula is C14H19ClINO. The minimum atomic E-state index is -0.0484. The minimum Gasteiger partial charge on any atom is -0.349 e. The predicted octanol–water partition coefficient (Wildman–Crippen LogP) is 4.50. The summed E-state index contributed by atoms with van der Waals surface area (Å²) in [6.07, 6.45) is 2.15. The molecule has 0 aliphatic rings. The van der Waals surface area contributed by atoms with Gasteiger partial charge in [-0.05, 0) is 53.6 Å². The first kappa shape index (κ1) is 15.8. The molecule has 1 N–H and O–H groups in total. The van der Waals surface area contributed by atoms with Crippen molar-refractivity contribution in [1.82, 2.24) is 5.32 Å². The van der Waals surface area contributed by atoms with Crippen LogP contribution in [0, 0.1) is 9.49 Å². The first-order valence-electron chi connectivity index (χ1n) is 6.25. The van der Waals surface area contributed by atoms with E-state index in [2.05, 4.69) is 48.7 Å². The summed E-state index contributed by atoms with van der Waals surface area (Å²) in [4.78, 5) is 12.1. The molecule has 0 aliphatic carbocycles. The van der Waals surface area contributed by atoms with E-state index < -0.39 is 0 Å². The number of nitrogens with one attached hydrogen (secondary N) is 1. The van der Waals surface area contributed by atoms with Crippen LogP contribution >= 0.6 is 34.2 Å². The molecule has 0 aromatic heterocycles. The fourth-order valence-electron chi connectivity index (χ4n) is 2.04. The number of hydrogen-bond acceptors (Lipinski definition) is 1. The summed E-state index contributed by atoms with van der Waals surface area (Å²) in [5.74, 6) is 0.473. The van der Waals surface area contributed by atoms with E-state index in [1.165, 1.54) is 0 Å². The molecule has 0 radical (unpaired) electrons. The monoisotopic (exact) mass is 379 g/mol. The topological polar surface area (TPSA) is 29.1 Å². The van der Waals surface area contributed by atoms with Crippen LogP contribution in [0.2, 0.25) is 5.02 Å². The average molecular weight is 380 g/mol. The summed E-state index contributed by atoms with van der Waals surface area (Å²) in [6, 6.07) is 5.58. The van der Waals surface area contributed by atoms with E-state index in [0.717, 1.165) is 16.4 Å². The highest BCUT2D eigenvalue weighted by molar-refractivity contribution is 14.1. The second kappa shape index (κ2) is 7.34. The molecule has 0 saturated heterocycles. The van der Waals surface area contributed by atoms with Gasteiger partial charge in [-0.2, -0.15) is 0 Å². The van der Waals surface area contributed by atoms with Crippen molar-refractivity contribution in [2.75, 3.05) is 0 Å². The highest BCUT2D eigenvalue weighted by atomic mass is 127. The molecule has 0 spiro atoms. The number of rotatable bonds is 5. The summed E-state index contributed by atoms with van der Waals surface area (Å²) in [5, 5.41) is 3.67. The number of halogens is 2.